The molecule has 2 N–H and O–H groups in total. The lowest BCUT2D eigenvalue weighted by atomic mass is 9.97. The summed E-state index contributed by atoms with van der Waals surface area (Å²) in [4.78, 5) is 24.9. The van der Waals surface area contributed by atoms with Gasteiger partial charge in [-0.1, -0.05) is 36.4 Å². The van der Waals surface area contributed by atoms with Crippen molar-refractivity contribution in [3.8, 4) is 0 Å². The first-order chi connectivity index (χ1) is 13.5. The van der Waals surface area contributed by atoms with E-state index in [2.05, 4.69) is 0 Å². The van der Waals surface area contributed by atoms with Gasteiger partial charge in [0.05, 0.1) is 17.7 Å². The highest BCUT2D eigenvalue weighted by atomic mass is 16.7. The minimum Gasteiger partial charge on any atom is -0.446 e. The number of esters is 2. The van der Waals surface area contributed by atoms with Gasteiger partial charge in [0.1, 0.15) is 12.2 Å². The third-order valence-corrected chi connectivity index (χ3v) is 4.25. The van der Waals surface area contributed by atoms with E-state index in [1.807, 2.05) is 0 Å². The molecule has 2 aromatic rings. The van der Waals surface area contributed by atoms with Gasteiger partial charge in [0.25, 0.3) is 0 Å². The van der Waals surface area contributed by atoms with Gasteiger partial charge in [-0.25, -0.2) is 9.59 Å². The van der Waals surface area contributed by atoms with Crippen LogP contribution in [0.3, 0.4) is 0 Å². The second kappa shape index (κ2) is 7.87. The van der Waals surface area contributed by atoms with Crippen LogP contribution in [0.25, 0.3) is 0 Å². The first-order valence-electron chi connectivity index (χ1n) is 9.00. The van der Waals surface area contributed by atoms with Gasteiger partial charge >= 0.3 is 11.9 Å². The normalized spacial score (nSPS) is 27.6. The van der Waals surface area contributed by atoms with Gasteiger partial charge in [-0.2, -0.15) is 0 Å². The largest absolute Gasteiger partial charge is 0.446 e. The molecule has 2 aromatic carbocycles. The van der Waals surface area contributed by atoms with Crippen molar-refractivity contribution in [1.29, 1.82) is 0 Å². The molecule has 142 valence electrons. The molecule has 1 heterocycles. The topological polar surface area (TPSA) is 102 Å². The molecule has 0 saturated carbocycles. The van der Waals surface area contributed by atoms with Crippen LogP contribution in [-0.2, 0) is 14.2 Å². The summed E-state index contributed by atoms with van der Waals surface area (Å²) in [6.45, 7) is -1.25. The molecule has 0 amide bonds. The van der Waals surface area contributed by atoms with E-state index < -0.39 is 49.5 Å². The lowest BCUT2D eigenvalue weighted by Gasteiger charge is -2.31. The van der Waals surface area contributed by atoms with Crippen molar-refractivity contribution in [3.05, 3.63) is 71.8 Å². The van der Waals surface area contributed by atoms with E-state index in [1.54, 1.807) is 36.4 Å². The van der Waals surface area contributed by atoms with Crippen LogP contribution in [0, 0.1) is 0 Å². The molecule has 0 radical (unpaired) electrons. The van der Waals surface area contributed by atoms with Crippen molar-refractivity contribution in [2.75, 3.05) is 6.61 Å². The number of aliphatic hydroxyl groups excluding tert-OH is 2. The second-order valence-electron chi connectivity index (χ2n) is 6.12. The molecule has 7 nitrogen and oxygen atoms in total. The van der Waals surface area contributed by atoms with Gasteiger partial charge in [0, 0.05) is 1.37 Å². The van der Waals surface area contributed by atoms with Crippen LogP contribution in [0.15, 0.2) is 60.7 Å². The standard InChI is InChI=1S/C20H20O7/c1-20(27-18(24)14-10-6-3-7-11-14)16(22)15(12-21)25-19(20)26-17(23)13-8-4-2-5-9-13/h2-11,15-16,19,21-22H,12H2,1H3/t15-,16-,19?,20-/m1/s1/i1D. The summed E-state index contributed by atoms with van der Waals surface area (Å²) in [5, 5.41) is 20.0. The summed E-state index contributed by atoms with van der Waals surface area (Å²) < 4.78 is 24.1. The Morgan fingerprint density at radius 3 is 2.15 bits per heavy atom. The van der Waals surface area contributed by atoms with Crippen molar-refractivity contribution in [1.82, 2.24) is 0 Å². The predicted molar refractivity (Wildman–Crippen MR) is 93.9 cm³/mol. The maximum Gasteiger partial charge on any atom is 0.340 e. The minimum atomic E-state index is -1.98. The van der Waals surface area contributed by atoms with E-state index in [4.69, 9.17) is 15.6 Å². The number of hydrogen-bond donors (Lipinski definition) is 2. The fourth-order valence-electron chi connectivity index (χ4n) is 2.73. The monoisotopic (exact) mass is 373 g/mol. The number of ether oxygens (including phenoxy) is 3. The van der Waals surface area contributed by atoms with E-state index in [1.165, 1.54) is 24.3 Å². The molecule has 1 fully saturated rings. The number of rotatable bonds is 5. The molecule has 0 spiro atoms. The van der Waals surface area contributed by atoms with Crippen LogP contribution in [-0.4, -0.2) is 52.9 Å². The molecule has 0 aliphatic carbocycles. The predicted octanol–water partition coefficient (Wildman–Crippen LogP) is 1.54. The zero-order valence-corrected chi connectivity index (χ0v) is 14.4. The lowest BCUT2D eigenvalue weighted by molar-refractivity contribution is -0.174. The molecule has 1 unspecified atom stereocenters. The zero-order chi connectivity index (χ0) is 20.1. The van der Waals surface area contributed by atoms with Crippen LogP contribution < -0.4 is 0 Å². The third-order valence-electron chi connectivity index (χ3n) is 4.25. The van der Waals surface area contributed by atoms with E-state index >= 15 is 0 Å². The summed E-state index contributed by atoms with van der Waals surface area (Å²) in [5.74, 6) is -1.58. The summed E-state index contributed by atoms with van der Waals surface area (Å²) >= 11 is 0. The van der Waals surface area contributed by atoms with Gasteiger partial charge < -0.3 is 24.4 Å². The molecule has 0 aromatic heterocycles. The summed E-state index contributed by atoms with van der Waals surface area (Å²) in [7, 11) is 0. The molecule has 1 aliphatic rings. The second-order valence-corrected chi connectivity index (χ2v) is 6.12. The molecule has 1 aliphatic heterocycles. The number of carbonyl (C=O) groups is 2. The fraction of sp³-hybridized carbons (Fsp3) is 0.300. The van der Waals surface area contributed by atoms with Crippen molar-refractivity contribution < 1.29 is 35.4 Å². The number of benzene rings is 2. The SMILES string of the molecule is [2H]C[C@]1(OC(=O)c2ccccc2)C(OC(=O)c2ccccc2)O[C@H](CO)[C@H]1O. The number of hydrogen-bond acceptors (Lipinski definition) is 7. The highest BCUT2D eigenvalue weighted by molar-refractivity contribution is 5.90. The molecule has 0 bridgehead atoms. The average Bonchev–Trinajstić information content (AvgIpc) is 3.00. The first-order valence-corrected chi connectivity index (χ1v) is 8.30. The van der Waals surface area contributed by atoms with Crippen LogP contribution >= 0.6 is 0 Å². The fourth-order valence-corrected chi connectivity index (χ4v) is 2.73. The Morgan fingerprint density at radius 1 is 1.07 bits per heavy atom. The summed E-state index contributed by atoms with van der Waals surface area (Å²) in [5.41, 5.74) is -1.56. The molecule has 3 rings (SSSR count). The van der Waals surface area contributed by atoms with Gasteiger partial charge in [0.15, 0.2) is 5.60 Å². The molecule has 27 heavy (non-hydrogen) atoms. The smallest absolute Gasteiger partial charge is 0.340 e. The molecule has 7 heteroatoms. The highest BCUT2D eigenvalue weighted by Gasteiger charge is 2.58. The van der Waals surface area contributed by atoms with E-state index in [0.717, 1.165) is 0 Å². The lowest BCUT2D eigenvalue weighted by Crippen LogP contribution is -2.51. The van der Waals surface area contributed by atoms with Crippen LogP contribution in [0.2, 0.25) is 0 Å². The van der Waals surface area contributed by atoms with Crippen LogP contribution in [0.5, 0.6) is 0 Å². The van der Waals surface area contributed by atoms with E-state index in [-0.39, 0.29) is 11.1 Å². The Hall–Kier alpha value is -2.74. The highest BCUT2D eigenvalue weighted by Crippen LogP contribution is 2.36. The van der Waals surface area contributed by atoms with E-state index in [9.17, 15) is 19.8 Å². The Balaban J connectivity index is 1.87. The number of aliphatic hydroxyl groups is 2. The van der Waals surface area contributed by atoms with Gasteiger partial charge in [-0.15, -0.1) is 0 Å². The Kier molecular flexibility index (Phi) is 5.15. The van der Waals surface area contributed by atoms with Crippen molar-refractivity contribution in [2.24, 2.45) is 0 Å². The molecule has 4 atom stereocenters. The van der Waals surface area contributed by atoms with Crippen LogP contribution in [0.4, 0.5) is 0 Å². The maximum absolute atomic E-state index is 12.5. The quantitative estimate of drug-likeness (QED) is 0.767. The zero-order valence-electron chi connectivity index (χ0n) is 15.4. The Labute approximate surface area is 157 Å². The first kappa shape index (κ1) is 17.7. The van der Waals surface area contributed by atoms with Crippen molar-refractivity contribution >= 4 is 11.9 Å². The molecular weight excluding hydrogens is 352 g/mol. The Bertz CT molecular complexity index is 814. The van der Waals surface area contributed by atoms with Gasteiger partial charge in [-0.3, -0.25) is 0 Å². The third kappa shape index (κ3) is 3.85. The van der Waals surface area contributed by atoms with Crippen molar-refractivity contribution in [3.63, 3.8) is 0 Å². The molecular formula is C20H20O7. The Morgan fingerprint density at radius 2 is 1.63 bits per heavy atom. The maximum atomic E-state index is 12.5. The average molecular weight is 373 g/mol. The van der Waals surface area contributed by atoms with Crippen molar-refractivity contribution in [2.45, 2.75) is 31.0 Å². The number of carbonyl (C=O) groups excluding carboxylic acids is 2. The van der Waals surface area contributed by atoms with Gasteiger partial charge in [-0.05, 0) is 31.2 Å². The summed E-state index contributed by atoms with van der Waals surface area (Å²) in [6.07, 6.45) is -4.30. The van der Waals surface area contributed by atoms with E-state index in [0.29, 0.717) is 0 Å². The van der Waals surface area contributed by atoms with Gasteiger partial charge in [0.2, 0.25) is 6.29 Å². The summed E-state index contributed by atoms with van der Waals surface area (Å²) in [6, 6.07) is 16.1. The minimum absolute atomic E-state index is 0.197. The molecule has 1 saturated heterocycles. The van der Waals surface area contributed by atoms with Crippen LogP contribution in [0.1, 0.15) is 29.0 Å².